The first kappa shape index (κ1) is 23.5. The number of ether oxygens (including phenoxy) is 1. The zero-order chi connectivity index (χ0) is 19.8. The number of benzene rings is 1. The van der Waals surface area contributed by atoms with Crippen molar-refractivity contribution >= 4 is 47.4 Å². The summed E-state index contributed by atoms with van der Waals surface area (Å²) in [6.45, 7) is 5.11. The summed E-state index contributed by atoms with van der Waals surface area (Å²) in [5, 5.41) is 7.23. The lowest BCUT2D eigenvalue weighted by Gasteiger charge is -2.20. The number of anilines is 1. The summed E-state index contributed by atoms with van der Waals surface area (Å²) in [7, 11) is 0. The highest BCUT2D eigenvalue weighted by atomic mass is 127. The van der Waals surface area contributed by atoms with Crippen LogP contribution in [-0.4, -0.2) is 49.8 Å². The quantitative estimate of drug-likeness (QED) is 0.246. The van der Waals surface area contributed by atoms with Crippen LogP contribution in [0.4, 0.5) is 10.2 Å². The fourth-order valence-electron chi connectivity index (χ4n) is 3.07. The Morgan fingerprint density at radius 1 is 1.34 bits per heavy atom. The molecule has 1 unspecified atom stereocenters. The second-order valence-electron chi connectivity index (χ2n) is 6.42. The molecule has 9 heteroatoms. The van der Waals surface area contributed by atoms with E-state index in [2.05, 4.69) is 20.6 Å². The molecular weight excluding hydrogens is 508 g/mol. The van der Waals surface area contributed by atoms with E-state index in [0.29, 0.717) is 36.3 Å². The molecule has 0 radical (unpaired) electrons. The van der Waals surface area contributed by atoms with E-state index in [1.807, 2.05) is 30.0 Å². The van der Waals surface area contributed by atoms with Gasteiger partial charge in [-0.05, 0) is 37.6 Å². The highest BCUT2D eigenvalue weighted by Crippen LogP contribution is 2.23. The Morgan fingerprint density at radius 2 is 2.17 bits per heavy atom. The van der Waals surface area contributed by atoms with Crippen molar-refractivity contribution in [1.82, 2.24) is 15.6 Å². The average molecular weight is 534 g/mol. The van der Waals surface area contributed by atoms with Gasteiger partial charge in [0.1, 0.15) is 12.4 Å². The van der Waals surface area contributed by atoms with Crippen LogP contribution in [0.5, 0.6) is 5.75 Å². The van der Waals surface area contributed by atoms with Crippen LogP contribution in [0.2, 0.25) is 5.02 Å². The molecule has 0 bridgehead atoms. The Morgan fingerprint density at radius 3 is 2.93 bits per heavy atom. The van der Waals surface area contributed by atoms with E-state index < -0.39 is 0 Å². The Balaban J connectivity index is 0.00000300. The summed E-state index contributed by atoms with van der Waals surface area (Å²) in [6.07, 6.45) is 2.50. The third-order valence-corrected chi connectivity index (χ3v) is 4.68. The van der Waals surface area contributed by atoms with Gasteiger partial charge in [-0.25, -0.2) is 14.4 Å². The third-order valence-electron chi connectivity index (χ3n) is 4.37. The molecule has 1 saturated heterocycles. The lowest BCUT2D eigenvalue weighted by atomic mass is 10.3. The van der Waals surface area contributed by atoms with Gasteiger partial charge in [-0.1, -0.05) is 23.7 Å². The molecular formula is C20H26ClFIN5O. The summed E-state index contributed by atoms with van der Waals surface area (Å²) in [4.78, 5) is 10.7. The van der Waals surface area contributed by atoms with Gasteiger partial charge in [0, 0.05) is 31.9 Å². The molecule has 1 aromatic heterocycles. The van der Waals surface area contributed by atoms with E-state index in [0.717, 1.165) is 25.5 Å². The SMILES string of the molecule is CCNC(=NCCOc1ccccc1Cl)NC1CCN(c2ncccc2F)C1.I. The van der Waals surface area contributed by atoms with Crippen LogP contribution < -0.4 is 20.3 Å². The first-order chi connectivity index (χ1) is 13.7. The molecule has 2 N–H and O–H groups in total. The van der Waals surface area contributed by atoms with Gasteiger partial charge >= 0.3 is 0 Å². The first-order valence-corrected chi connectivity index (χ1v) is 9.82. The largest absolute Gasteiger partial charge is 0.490 e. The van der Waals surface area contributed by atoms with Crippen molar-refractivity contribution in [2.24, 2.45) is 4.99 Å². The minimum Gasteiger partial charge on any atom is -0.490 e. The molecule has 1 aliphatic rings. The highest BCUT2D eigenvalue weighted by Gasteiger charge is 2.25. The van der Waals surface area contributed by atoms with E-state index in [1.165, 1.54) is 6.07 Å². The maximum absolute atomic E-state index is 13.9. The Labute approximate surface area is 192 Å². The zero-order valence-corrected chi connectivity index (χ0v) is 19.4. The monoisotopic (exact) mass is 533 g/mol. The van der Waals surface area contributed by atoms with Crippen LogP contribution in [0.3, 0.4) is 0 Å². The number of guanidine groups is 1. The fraction of sp³-hybridized carbons (Fsp3) is 0.400. The Hall–Kier alpha value is -1.81. The van der Waals surface area contributed by atoms with Crippen LogP contribution in [0.15, 0.2) is 47.6 Å². The Bertz CT molecular complexity index is 810. The standard InChI is InChI=1S/C20H25ClFN5O.HI/c1-2-23-20(25-11-13-28-18-8-4-3-6-16(18)21)26-15-9-12-27(14-15)19-17(22)7-5-10-24-19;/h3-8,10,15H,2,9,11-14H2,1H3,(H2,23,25,26);1H. The predicted octanol–water partition coefficient (Wildman–Crippen LogP) is 3.70. The summed E-state index contributed by atoms with van der Waals surface area (Å²) in [5.74, 6) is 1.49. The number of nitrogens with one attached hydrogen (secondary N) is 2. The summed E-state index contributed by atoms with van der Waals surface area (Å²) >= 11 is 6.08. The lowest BCUT2D eigenvalue weighted by molar-refractivity contribution is 0.328. The number of hydrogen-bond acceptors (Lipinski definition) is 4. The normalized spacial score (nSPS) is 16.3. The van der Waals surface area contributed by atoms with Gasteiger partial charge in [0.25, 0.3) is 0 Å². The predicted molar refractivity (Wildman–Crippen MR) is 126 cm³/mol. The van der Waals surface area contributed by atoms with E-state index in [9.17, 15) is 4.39 Å². The molecule has 0 aliphatic carbocycles. The number of hydrogen-bond donors (Lipinski definition) is 2. The number of rotatable bonds is 7. The third kappa shape index (κ3) is 6.88. The number of halogens is 3. The topological polar surface area (TPSA) is 61.8 Å². The van der Waals surface area contributed by atoms with Crippen molar-refractivity contribution in [2.75, 3.05) is 37.7 Å². The lowest BCUT2D eigenvalue weighted by Crippen LogP contribution is -2.45. The average Bonchev–Trinajstić information content (AvgIpc) is 3.15. The van der Waals surface area contributed by atoms with E-state index in [4.69, 9.17) is 16.3 Å². The molecule has 0 saturated carbocycles. The molecule has 2 heterocycles. The van der Waals surface area contributed by atoms with Crippen LogP contribution >= 0.6 is 35.6 Å². The van der Waals surface area contributed by atoms with Crippen molar-refractivity contribution in [1.29, 1.82) is 0 Å². The van der Waals surface area contributed by atoms with Gasteiger partial charge in [0.15, 0.2) is 17.6 Å². The number of nitrogens with zero attached hydrogens (tertiary/aromatic N) is 3. The van der Waals surface area contributed by atoms with Crippen LogP contribution in [0.1, 0.15) is 13.3 Å². The molecule has 3 rings (SSSR count). The van der Waals surface area contributed by atoms with Gasteiger partial charge in [0.2, 0.25) is 0 Å². The Kier molecular flexibility index (Phi) is 9.72. The van der Waals surface area contributed by atoms with E-state index in [-0.39, 0.29) is 35.8 Å². The fourth-order valence-corrected chi connectivity index (χ4v) is 3.26. The van der Waals surface area contributed by atoms with Gasteiger partial charge in [-0.15, -0.1) is 24.0 Å². The molecule has 2 aromatic rings. The van der Waals surface area contributed by atoms with Crippen molar-refractivity contribution in [3.05, 3.63) is 53.4 Å². The molecule has 29 heavy (non-hydrogen) atoms. The number of aromatic nitrogens is 1. The van der Waals surface area contributed by atoms with Crippen molar-refractivity contribution in [3.63, 3.8) is 0 Å². The van der Waals surface area contributed by atoms with Crippen molar-refractivity contribution in [2.45, 2.75) is 19.4 Å². The number of aliphatic imine (C=N–C) groups is 1. The van der Waals surface area contributed by atoms with Gasteiger partial charge in [0.05, 0.1) is 11.6 Å². The summed E-state index contributed by atoms with van der Waals surface area (Å²) in [6, 6.07) is 10.6. The van der Waals surface area contributed by atoms with Gasteiger partial charge in [-0.3, -0.25) is 0 Å². The van der Waals surface area contributed by atoms with E-state index >= 15 is 0 Å². The zero-order valence-electron chi connectivity index (χ0n) is 16.3. The maximum Gasteiger partial charge on any atom is 0.191 e. The van der Waals surface area contributed by atoms with Crippen LogP contribution in [0, 0.1) is 5.82 Å². The maximum atomic E-state index is 13.9. The van der Waals surface area contributed by atoms with Crippen LogP contribution in [0.25, 0.3) is 0 Å². The van der Waals surface area contributed by atoms with Gasteiger partial charge < -0.3 is 20.3 Å². The number of para-hydroxylation sites is 1. The van der Waals surface area contributed by atoms with Crippen LogP contribution in [-0.2, 0) is 0 Å². The second-order valence-corrected chi connectivity index (χ2v) is 6.83. The molecule has 6 nitrogen and oxygen atoms in total. The van der Waals surface area contributed by atoms with Gasteiger partial charge in [-0.2, -0.15) is 0 Å². The minimum absolute atomic E-state index is 0. The minimum atomic E-state index is -0.291. The summed E-state index contributed by atoms with van der Waals surface area (Å²) < 4.78 is 19.6. The molecule has 1 aromatic carbocycles. The highest BCUT2D eigenvalue weighted by molar-refractivity contribution is 14.0. The molecule has 1 aliphatic heterocycles. The molecule has 1 fully saturated rings. The smallest absolute Gasteiger partial charge is 0.191 e. The van der Waals surface area contributed by atoms with Crippen molar-refractivity contribution in [3.8, 4) is 5.75 Å². The molecule has 158 valence electrons. The van der Waals surface area contributed by atoms with Crippen molar-refractivity contribution < 1.29 is 9.13 Å². The number of pyridine rings is 1. The molecule has 1 atom stereocenters. The summed E-state index contributed by atoms with van der Waals surface area (Å²) in [5.41, 5.74) is 0. The van der Waals surface area contributed by atoms with E-state index in [1.54, 1.807) is 18.3 Å². The second kappa shape index (κ2) is 12.0. The first-order valence-electron chi connectivity index (χ1n) is 9.45. The molecule has 0 amide bonds. The molecule has 0 spiro atoms.